The minimum absolute atomic E-state index is 0.0521. The highest BCUT2D eigenvalue weighted by Gasteiger charge is 2.22. The third kappa shape index (κ3) is 3.98. The van der Waals surface area contributed by atoms with E-state index in [0.717, 1.165) is 17.7 Å². The molecular weight excluding hydrogens is 270 g/mol. The molecule has 1 aromatic carbocycles. The maximum atomic E-state index is 12.0. The van der Waals surface area contributed by atoms with E-state index in [2.05, 4.69) is 5.32 Å². The molecule has 0 fully saturated rings. The predicted molar refractivity (Wildman–Crippen MR) is 80.1 cm³/mol. The molecule has 2 rings (SSSR count). The van der Waals surface area contributed by atoms with E-state index in [9.17, 15) is 4.79 Å². The predicted octanol–water partition coefficient (Wildman–Crippen LogP) is 2.10. The molecule has 1 amide bonds. The summed E-state index contributed by atoms with van der Waals surface area (Å²) < 4.78 is 10.5. The summed E-state index contributed by atoms with van der Waals surface area (Å²) >= 11 is 0. The third-order valence-electron chi connectivity index (χ3n) is 3.69. The lowest BCUT2D eigenvalue weighted by Gasteiger charge is -2.28. The lowest BCUT2D eigenvalue weighted by Crippen LogP contribution is -2.45. The van der Waals surface area contributed by atoms with Gasteiger partial charge in [0.25, 0.3) is 0 Å². The highest BCUT2D eigenvalue weighted by atomic mass is 16.7. The van der Waals surface area contributed by atoms with Crippen LogP contribution in [0.4, 0.5) is 0 Å². The van der Waals surface area contributed by atoms with E-state index >= 15 is 0 Å². The Labute approximate surface area is 124 Å². The molecule has 0 spiro atoms. The molecule has 1 aromatic rings. The molecule has 21 heavy (non-hydrogen) atoms. The first-order valence-electron chi connectivity index (χ1n) is 7.07. The number of hydrogen-bond acceptors (Lipinski definition) is 4. The second kappa shape index (κ2) is 6.63. The number of nitrogens with one attached hydrogen (secondary N) is 1. The molecule has 1 atom stereocenters. The molecule has 5 nitrogen and oxygen atoms in total. The van der Waals surface area contributed by atoms with Crippen molar-refractivity contribution in [1.82, 2.24) is 5.32 Å². The van der Waals surface area contributed by atoms with Crippen molar-refractivity contribution in [2.75, 3.05) is 13.4 Å². The van der Waals surface area contributed by atoms with Gasteiger partial charge in [0.1, 0.15) is 0 Å². The van der Waals surface area contributed by atoms with Crippen molar-refractivity contribution in [1.29, 1.82) is 0 Å². The normalized spacial score (nSPS) is 16.0. The van der Waals surface area contributed by atoms with Gasteiger partial charge in [-0.15, -0.1) is 0 Å². The van der Waals surface area contributed by atoms with E-state index in [4.69, 9.17) is 14.6 Å². The SMILES string of the molecule is CCC(C)(CCO)NC(=O)/C=C/c1ccc2c(c1)OCO2. The maximum absolute atomic E-state index is 12.0. The molecular formula is C16H21NO4. The highest BCUT2D eigenvalue weighted by Crippen LogP contribution is 2.32. The molecule has 1 heterocycles. The summed E-state index contributed by atoms with van der Waals surface area (Å²) in [6.07, 6.45) is 4.51. The van der Waals surface area contributed by atoms with Gasteiger partial charge in [-0.2, -0.15) is 0 Å². The molecule has 1 unspecified atom stereocenters. The fourth-order valence-corrected chi connectivity index (χ4v) is 2.10. The Bertz CT molecular complexity index is 541. The Kier molecular flexibility index (Phi) is 4.85. The van der Waals surface area contributed by atoms with Crippen LogP contribution in [0.2, 0.25) is 0 Å². The van der Waals surface area contributed by atoms with Crippen LogP contribution in [0.15, 0.2) is 24.3 Å². The van der Waals surface area contributed by atoms with Crippen LogP contribution in [0, 0.1) is 0 Å². The zero-order valence-corrected chi connectivity index (χ0v) is 12.4. The summed E-state index contributed by atoms with van der Waals surface area (Å²) in [4.78, 5) is 12.0. The van der Waals surface area contributed by atoms with Crippen LogP contribution in [0.5, 0.6) is 11.5 Å². The molecule has 0 bridgehead atoms. The first-order valence-corrected chi connectivity index (χ1v) is 7.07. The minimum Gasteiger partial charge on any atom is -0.454 e. The van der Waals surface area contributed by atoms with E-state index in [1.54, 1.807) is 6.08 Å². The zero-order chi connectivity index (χ0) is 15.3. The van der Waals surface area contributed by atoms with E-state index in [1.807, 2.05) is 32.0 Å². The number of benzene rings is 1. The molecule has 1 aliphatic heterocycles. The fraction of sp³-hybridized carbons (Fsp3) is 0.438. The smallest absolute Gasteiger partial charge is 0.244 e. The van der Waals surface area contributed by atoms with Crippen LogP contribution in [0.1, 0.15) is 32.3 Å². The Morgan fingerprint density at radius 2 is 2.19 bits per heavy atom. The molecule has 5 heteroatoms. The average molecular weight is 291 g/mol. The van der Waals surface area contributed by atoms with E-state index in [0.29, 0.717) is 12.2 Å². The van der Waals surface area contributed by atoms with Crippen molar-refractivity contribution in [3.8, 4) is 11.5 Å². The molecule has 0 saturated carbocycles. The van der Waals surface area contributed by atoms with Crippen molar-refractivity contribution in [2.45, 2.75) is 32.2 Å². The van der Waals surface area contributed by atoms with Gasteiger partial charge in [-0.25, -0.2) is 0 Å². The summed E-state index contributed by atoms with van der Waals surface area (Å²) in [5.41, 5.74) is 0.486. The standard InChI is InChI=1S/C16H21NO4/c1-3-16(2,8-9-18)17-15(19)7-5-12-4-6-13-14(10-12)21-11-20-13/h4-7,10,18H,3,8-9,11H2,1-2H3,(H,17,19)/b7-5+. The number of aliphatic hydroxyl groups is 1. The van der Waals surface area contributed by atoms with Crippen LogP contribution in [0.3, 0.4) is 0 Å². The van der Waals surface area contributed by atoms with Gasteiger partial charge < -0.3 is 19.9 Å². The highest BCUT2D eigenvalue weighted by molar-refractivity contribution is 5.92. The number of hydrogen-bond donors (Lipinski definition) is 2. The maximum Gasteiger partial charge on any atom is 0.244 e. The number of aliphatic hydroxyl groups excluding tert-OH is 1. The number of amides is 1. The van der Waals surface area contributed by atoms with Gasteiger partial charge in [-0.05, 0) is 43.5 Å². The lowest BCUT2D eigenvalue weighted by molar-refractivity contribution is -0.118. The topological polar surface area (TPSA) is 67.8 Å². The van der Waals surface area contributed by atoms with E-state index < -0.39 is 0 Å². The van der Waals surface area contributed by atoms with Gasteiger partial charge in [-0.3, -0.25) is 4.79 Å². The van der Waals surface area contributed by atoms with Crippen molar-refractivity contribution in [3.05, 3.63) is 29.8 Å². The number of rotatable bonds is 6. The van der Waals surface area contributed by atoms with Crippen molar-refractivity contribution < 1.29 is 19.4 Å². The fourth-order valence-electron chi connectivity index (χ4n) is 2.10. The number of ether oxygens (including phenoxy) is 2. The van der Waals surface area contributed by atoms with Gasteiger partial charge in [0.2, 0.25) is 12.7 Å². The first kappa shape index (κ1) is 15.4. The molecule has 1 aliphatic rings. The Balaban J connectivity index is 1.99. The van der Waals surface area contributed by atoms with Gasteiger partial charge in [0, 0.05) is 18.2 Å². The van der Waals surface area contributed by atoms with Crippen LogP contribution in [-0.4, -0.2) is 30.0 Å². The molecule has 0 saturated heterocycles. The number of carbonyl (C=O) groups is 1. The molecule has 0 aliphatic carbocycles. The summed E-state index contributed by atoms with van der Waals surface area (Å²) in [6.45, 7) is 4.20. The van der Waals surface area contributed by atoms with Crippen LogP contribution < -0.4 is 14.8 Å². The van der Waals surface area contributed by atoms with Gasteiger partial charge >= 0.3 is 0 Å². The second-order valence-electron chi connectivity index (χ2n) is 5.32. The molecule has 2 N–H and O–H groups in total. The van der Waals surface area contributed by atoms with Crippen LogP contribution in [-0.2, 0) is 4.79 Å². The molecule has 114 valence electrons. The monoisotopic (exact) mass is 291 g/mol. The minimum atomic E-state index is -0.384. The van der Waals surface area contributed by atoms with Gasteiger partial charge in [0.05, 0.1) is 0 Å². The second-order valence-corrected chi connectivity index (χ2v) is 5.32. The lowest BCUT2D eigenvalue weighted by atomic mass is 9.95. The van der Waals surface area contributed by atoms with Crippen molar-refractivity contribution >= 4 is 12.0 Å². The summed E-state index contributed by atoms with van der Waals surface area (Å²) in [5.74, 6) is 1.24. The van der Waals surface area contributed by atoms with Gasteiger partial charge in [-0.1, -0.05) is 13.0 Å². The largest absolute Gasteiger partial charge is 0.454 e. The number of carbonyl (C=O) groups excluding carboxylic acids is 1. The third-order valence-corrected chi connectivity index (χ3v) is 3.69. The Morgan fingerprint density at radius 1 is 1.43 bits per heavy atom. The van der Waals surface area contributed by atoms with Crippen molar-refractivity contribution in [2.24, 2.45) is 0 Å². The molecule has 0 aromatic heterocycles. The van der Waals surface area contributed by atoms with Crippen LogP contribution >= 0.6 is 0 Å². The van der Waals surface area contributed by atoms with E-state index in [1.165, 1.54) is 6.08 Å². The average Bonchev–Trinajstić information content (AvgIpc) is 2.93. The van der Waals surface area contributed by atoms with E-state index in [-0.39, 0.29) is 24.8 Å². The Hall–Kier alpha value is -2.01. The summed E-state index contributed by atoms with van der Waals surface area (Å²) in [6, 6.07) is 5.52. The first-order chi connectivity index (χ1) is 10.1. The summed E-state index contributed by atoms with van der Waals surface area (Å²) in [5, 5.41) is 12.0. The number of fused-ring (bicyclic) bond motifs is 1. The quantitative estimate of drug-likeness (QED) is 0.788. The van der Waals surface area contributed by atoms with Crippen molar-refractivity contribution in [3.63, 3.8) is 0 Å². The zero-order valence-electron chi connectivity index (χ0n) is 12.4. The Morgan fingerprint density at radius 3 is 2.90 bits per heavy atom. The van der Waals surface area contributed by atoms with Crippen LogP contribution in [0.25, 0.3) is 6.08 Å². The molecule has 0 radical (unpaired) electrons. The summed E-state index contributed by atoms with van der Waals surface area (Å²) in [7, 11) is 0. The van der Waals surface area contributed by atoms with Gasteiger partial charge in [0.15, 0.2) is 11.5 Å².